The average Bonchev–Trinajstić information content (AvgIpc) is 0.822. The van der Waals surface area contributed by atoms with Gasteiger partial charge in [-0.3, -0.25) is 4.79 Å². The van der Waals surface area contributed by atoms with Crippen molar-refractivity contribution < 1.29 is 18.0 Å². The van der Waals surface area contributed by atoms with Gasteiger partial charge in [-0.25, -0.2) is 18.6 Å². The quantitative estimate of drug-likeness (QED) is 0.110. The summed E-state index contributed by atoms with van der Waals surface area (Å²) >= 11 is 0. The minimum absolute atomic E-state index is 0.0757. The van der Waals surface area contributed by atoms with Crippen LogP contribution in [0.3, 0.4) is 0 Å². The molecule has 37 aliphatic rings. The Kier molecular flexibility index (Phi) is 8.48. The highest BCUT2D eigenvalue weighted by Crippen LogP contribution is 3.15. The number of carbonyl (C=O) groups excluding carboxylic acids is 1. The molecule has 97 heavy (non-hydrogen) atoms. The van der Waals surface area contributed by atoms with Gasteiger partial charge in [-0.05, 0) is 340 Å². The Hall–Kier alpha value is -3.09. The molecule has 14 nitrogen and oxygen atoms in total. The second-order valence-electron chi connectivity index (χ2n) is 45.1. The molecule has 2 heterocycles. The molecule has 0 aromatic carbocycles. The van der Waals surface area contributed by atoms with E-state index in [0.717, 1.165) is 275 Å². The second-order valence-corrected chi connectivity index (χ2v) is 46.8. The van der Waals surface area contributed by atoms with E-state index in [9.17, 15) is 18.5 Å². The molecule has 1 aromatic heterocycles. The number of hydroxylamine groups is 1. The lowest BCUT2D eigenvalue weighted by Gasteiger charge is -3.12. The van der Waals surface area contributed by atoms with Crippen LogP contribution in [0.5, 0.6) is 0 Å². The Morgan fingerprint density at radius 2 is 0.814 bits per heavy atom. The van der Waals surface area contributed by atoms with Crippen molar-refractivity contribution in [2.24, 2.45) is 297 Å². The first kappa shape index (κ1) is 56.4. The van der Waals surface area contributed by atoms with Crippen LogP contribution in [0.25, 0.3) is 0 Å². The van der Waals surface area contributed by atoms with Crippen LogP contribution in [-0.4, -0.2) is 82.7 Å². The number of aromatic nitrogens is 4. The summed E-state index contributed by atoms with van der Waals surface area (Å²) in [5, 5.41) is 27.5. The monoisotopic (exact) mass is 1330 g/mol. The summed E-state index contributed by atoms with van der Waals surface area (Å²) in [6.45, 7) is 34.0. The van der Waals surface area contributed by atoms with Gasteiger partial charge in [-0.15, -0.1) is 10.2 Å². The van der Waals surface area contributed by atoms with Crippen molar-refractivity contribution in [1.82, 2.24) is 41.0 Å². The molecular formula is C82H108N10O4S. The van der Waals surface area contributed by atoms with E-state index >= 15 is 0 Å². The normalized spacial score (nSPS) is 69.8. The summed E-state index contributed by atoms with van der Waals surface area (Å²) in [4.78, 5) is 23.6. The van der Waals surface area contributed by atoms with Gasteiger partial charge < -0.3 is 15.1 Å². The van der Waals surface area contributed by atoms with Gasteiger partial charge in [0.25, 0.3) is 0 Å². The standard InChI is InChI=1S/C15H18N2O.C14H19NO.C14H21N.C13H16N4.C13H19NO2S.C13H15N/c1-5(2)4-14-7-10-8(14)12-9(14)11(7)15(10,12)13-16-6(3)18-17-13;1-5(2)4-13-7-10-8(13)12-9(13)11(7)14(10,12)15-6(3)16;1-6(2)5-13-7-10-8(13)12-9(13)11(7)14(10,12)15(3)4;1-4(2)3-12-5-8-6(12)10-7(12)9(5)13(8,10)11-14-16-17-15-11;1-5(2)4-12-6-9-7(12)11-8(12)10(6)13(9,11)14-17(3,15)16;1-5(2)3-12-6-9-7(12)11-8(12)10(6)13(9,11)4-14/h5,7-12H,3-4H2,1-2H3,(H,16,17);5,7-12H,4H2,1-3H3,(H,15,16);6-12H,5H2,1-4H3;4-10H,3H2,1-2H3,(H,14,15,16,17);5-11,14H,4H2,1-3H3;5-11H,3H2,1-2H3. The summed E-state index contributed by atoms with van der Waals surface area (Å²) in [5.41, 5.74) is 10.3. The molecule has 516 valence electrons. The van der Waals surface area contributed by atoms with E-state index in [1.54, 1.807) is 13.3 Å². The fourth-order valence-electron chi connectivity index (χ4n) is 45.1. The SMILES string of the molecule is C=C1N=C(C23C4C5C2C2C3C4C52CC(C)C)NO1.CC(=O)NC12C3C4C1C1C2C3C41CC(C)C.CC(C)CC12C3C4C1C1C2C3C41C#N.CC(C)CC12C3C4C1C1C2C3C41N(C)C.CC(C)CC12C3C4C1C1C2C3C41NS(C)(=O)=O.CC(C)CC12C3C4C1C1C2C3C41c1nn[nH]n1. The van der Waals surface area contributed by atoms with Crippen LogP contribution < -0.4 is 15.5 Å². The number of hydrogen-bond acceptors (Lipinski definition) is 11. The minimum Gasteiger partial charge on any atom is -0.361 e. The second kappa shape index (κ2) is 14.6. The van der Waals surface area contributed by atoms with E-state index in [4.69, 9.17) is 4.84 Å². The molecule has 36 aliphatic carbocycles. The number of nitrogens with one attached hydrogen (secondary N) is 4. The zero-order chi connectivity index (χ0) is 65.9. The molecule has 0 saturated heterocycles. The summed E-state index contributed by atoms with van der Waals surface area (Å²) in [7, 11) is 1.65. The molecule has 0 spiro atoms. The number of nitriles is 1. The molecule has 0 atom stereocenters. The van der Waals surface area contributed by atoms with E-state index in [1.807, 2.05) is 0 Å². The van der Waals surface area contributed by atoms with Crippen LogP contribution in [0.4, 0.5) is 0 Å². The largest absolute Gasteiger partial charge is 0.361 e. The maximum Gasteiger partial charge on any atom is 0.240 e. The number of amides is 1. The van der Waals surface area contributed by atoms with Crippen LogP contribution in [-0.2, 0) is 25.1 Å². The third-order valence-electron chi connectivity index (χ3n) is 42.9. The summed E-state index contributed by atoms with van der Waals surface area (Å²) in [5.74, 6) is 43.8. The highest BCUT2D eigenvalue weighted by molar-refractivity contribution is 7.88. The number of tetrazole rings is 1. The van der Waals surface area contributed by atoms with Gasteiger partial charge in [-0.1, -0.05) is 88.3 Å². The van der Waals surface area contributed by atoms with Crippen molar-refractivity contribution in [2.45, 2.75) is 151 Å². The van der Waals surface area contributed by atoms with Gasteiger partial charge in [0, 0.05) is 28.8 Å². The zero-order valence-corrected chi connectivity index (χ0v) is 61.2. The zero-order valence-electron chi connectivity index (χ0n) is 60.4. The fourth-order valence-corrected chi connectivity index (χ4v) is 46.1. The first-order valence-electron chi connectivity index (χ1n) is 40.9. The highest BCUT2D eigenvalue weighted by Gasteiger charge is 3.15. The van der Waals surface area contributed by atoms with Gasteiger partial charge in [0.1, 0.15) is 5.84 Å². The van der Waals surface area contributed by atoms with Crippen LogP contribution in [0.15, 0.2) is 17.5 Å². The molecule has 36 saturated carbocycles. The van der Waals surface area contributed by atoms with Gasteiger partial charge in [-0.2, -0.15) is 15.5 Å². The molecule has 1 aromatic rings. The number of aromatic amines is 1. The lowest BCUT2D eigenvalue weighted by molar-refractivity contribution is -0.644. The predicted octanol–water partition coefficient (Wildman–Crippen LogP) is 10.5. The smallest absolute Gasteiger partial charge is 0.240 e. The first-order chi connectivity index (χ1) is 46.1. The van der Waals surface area contributed by atoms with Crippen molar-refractivity contribution in [3.05, 3.63) is 18.3 Å². The van der Waals surface area contributed by atoms with Crippen molar-refractivity contribution in [1.29, 1.82) is 5.26 Å². The summed E-state index contributed by atoms with van der Waals surface area (Å²) in [6, 6.07) is 2.66. The first-order valence-corrected chi connectivity index (χ1v) is 42.8. The van der Waals surface area contributed by atoms with Crippen LogP contribution >= 0.6 is 0 Å². The van der Waals surface area contributed by atoms with Gasteiger partial charge in [0.15, 0.2) is 5.82 Å². The molecule has 4 N–H and O–H groups in total. The number of aliphatic imine (C=N–C) groups is 1. The Labute approximate surface area is 575 Å². The third-order valence-corrected chi connectivity index (χ3v) is 43.6. The van der Waals surface area contributed by atoms with Crippen LogP contribution in [0.1, 0.15) is 134 Å². The van der Waals surface area contributed by atoms with Crippen molar-refractivity contribution in [3.63, 3.8) is 0 Å². The van der Waals surface area contributed by atoms with E-state index < -0.39 is 10.0 Å². The molecule has 1 amide bonds. The molecular weight excluding hydrogens is 1220 g/mol. The third kappa shape index (κ3) is 4.06. The number of rotatable bonds is 18. The number of hydrogen-bond donors (Lipinski definition) is 4. The van der Waals surface area contributed by atoms with E-state index in [-0.39, 0.29) is 16.9 Å². The summed E-state index contributed by atoms with van der Waals surface area (Å²) < 4.78 is 25.9. The number of carbonyl (C=O) groups is 1. The molecule has 0 bridgehead atoms. The Morgan fingerprint density at radius 3 is 1.08 bits per heavy atom. The molecule has 36 fully saturated rings. The number of amidine groups is 1. The molecule has 1 aliphatic heterocycles. The van der Waals surface area contributed by atoms with Gasteiger partial charge in [0.05, 0.1) is 23.3 Å². The maximum atomic E-state index is 11.5. The van der Waals surface area contributed by atoms with Crippen LogP contribution in [0.2, 0.25) is 0 Å². The fraction of sp³-hybridized carbons (Fsp3) is 0.927. The Balaban J connectivity index is 0.0000000670. The summed E-state index contributed by atoms with van der Waals surface area (Å²) in [6.07, 6.45) is 10.2. The van der Waals surface area contributed by atoms with Gasteiger partial charge >= 0.3 is 0 Å². The number of sulfonamides is 1. The molecule has 38 rings (SSSR count). The Bertz CT molecular complexity index is 3960. The minimum atomic E-state index is -3.01. The predicted molar refractivity (Wildman–Crippen MR) is 358 cm³/mol. The van der Waals surface area contributed by atoms with Gasteiger partial charge in [0.2, 0.25) is 21.8 Å². The Morgan fingerprint density at radius 1 is 0.505 bits per heavy atom. The molecule has 0 radical (unpaired) electrons. The van der Waals surface area contributed by atoms with Crippen molar-refractivity contribution >= 4 is 21.8 Å². The lowest BCUT2D eigenvalue weighted by Crippen LogP contribution is -3.15. The van der Waals surface area contributed by atoms with Crippen LogP contribution in [0, 0.1) is 303 Å². The van der Waals surface area contributed by atoms with E-state index in [2.05, 4.69) is 156 Å². The molecule has 0 unspecified atom stereocenters. The topological polar surface area (TPSA) is 190 Å². The maximum absolute atomic E-state index is 11.5. The number of H-pyrrole nitrogens is 1. The molecule has 15 heteroatoms. The van der Waals surface area contributed by atoms with E-state index in [1.165, 1.54) is 56.1 Å². The van der Waals surface area contributed by atoms with Crippen molar-refractivity contribution in [3.8, 4) is 6.07 Å². The van der Waals surface area contributed by atoms with Crippen molar-refractivity contribution in [2.75, 3.05) is 20.4 Å². The highest BCUT2D eigenvalue weighted by atomic mass is 32.2. The number of nitrogens with zero attached hydrogens (tertiary/aromatic N) is 6. The lowest BCUT2D eigenvalue weighted by atomic mass is 8.92. The van der Waals surface area contributed by atoms with E-state index in [0.29, 0.717) is 27.7 Å². The average molecular weight is 1330 g/mol.